The molecule has 354 valence electrons. The molecule has 60 heavy (non-hydrogen) atoms. The largest absolute Gasteiger partial charge is 0.466 e. The zero-order valence-electron chi connectivity index (χ0n) is 40.2. The summed E-state index contributed by atoms with van der Waals surface area (Å²) in [7, 11) is 0. The van der Waals surface area contributed by atoms with Gasteiger partial charge in [0.15, 0.2) is 0 Å². The summed E-state index contributed by atoms with van der Waals surface area (Å²) < 4.78 is 5.46. The molecule has 0 aromatic carbocycles. The standard InChI is InChI=1S/C54H103NO5/c1-3-5-7-9-11-13-15-16-24-28-32-36-40-44-48-54(59)60-49-45-41-37-33-29-25-22-20-18-17-19-21-23-27-31-35-39-43-47-53(58)55-51(50-56)52(57)46-42-38-34-30-26-14-12-10-8-6-4-2/h9,11,15-16,51-52,56-57H,3-8,10,12-14,17-50H2,1-2H3,(H,55,58)/b11-9-,16-15-. The highest BCUT2D eigenvalue weighted by molar-refractivity contribution is 5.76. The van der Waals surface area contributed by atoms with E-state index in [9.17, 15) is 19.8 Å². The molecule has 0 rings (SSSR count). The van der Waals surface area contributed by atoms with E-state index in [-0.39, 0.29) is 18.5 Å². The maximum atomic E-state index is 12.4. The SMILES string of the molecule is CCCC/C=C\C/C=C\CCCCCCCC(=O)OCCCCCCCCCCCCCCCCCCCCC(=O)NC(CO)C(O)CCCCCCCCCCCCC. The smallest absolute Gasteiger partial charge is 0.305 e. The van der Waals surface area contributed by atoms with Crippen LogP contribution in [0.3, 0.4) is 0 Å². The number of carbonyl (C=O) groups excluding carboxylic acids is 2. The highest BCUT2D eigenvalue weighted by Gasteiger charge is 2.20. The van der Waals surface area contributed by atoms with Gasteiger partial charge in [-0.2, -0.15) is 0 Å². The molecule has 0 saturated carbocycles. The third kappa shape index (κ3) is 45.9. The molecule has 6 nitrogen and oxygen atoms in total. The minimum atomic E-state index is -0.665. The molecule has 0 saturated heterocycles. The number of unbranched alkanes of at least 4 members (excludes halogenated alkanes) is 34. The summed E-state index contributed by atoms with van der Waals surface area (Å²) in [6.07, 6.45) is 58.7. The Hall–Kier alpha value is -1.66. The lowest BCUT2D eigenvalue weighted by molar-refractivity contribution is -0.143. The average Bonchev–Trinajstić information content (AvgIpc) is 3.25. The molecule has 0 spiro atoms. The first-order chi connectivity index (χ1) is 29.5. The van der Waals surface area contributed by atoms with Crippen LogP contribution in [-0.4, -0.2) is 47.4 Å². The first kappa shape index (κ1) is 58.3. The molecule has 3 N–H and O–H groups in total. The second-order valence-electron chi connectivity index (χ2n) is 18.2. The van der Waals surface area contributed by atoms with Gasteiger partial charge in [-0.3, -0.25) is 9.59 Å². The molecular formula is C54H103NO5. The molecule has 0 aliphatic carbocycles. The summed E-state index contributed by atoms with van der Waals surface area (Å²) in [5, 5.41) is 23.1. The zero-order valence-corrected chi connectivity index (χ0v) is 40.2. The van der Waals surface area contributed by atoms with Crippen molar-refractivity contribution in [1.82, 2.24) is 5.32 Å². The van der Waals surface area contributed by atoms with Gasteiger partial charge >= 0.3 is 5.97 Å². The van der Waals surface area contributed by atoms with Crippen LogP contribution in [0.4, 0.5) is 0 Å². The topological polar surface area (TPSA) is 95.9 Å². The molecule has 0 aliphatic rings. The van der Waals surface area contributed by atoms with E-state index in [1.54, 1.807) is 0 Å². The van der Waals surface area contributed by atoms with Gasteiger partial charge in [0.2, 0.25) is 5.91 Å². The molecule has 0 fully saturated rings. The van der Waals surface area contributed by atoms with E-state index in [1.165, 1.54) is 199 Å². The Morgan fingerprint density at radius 1 is 0.467 bits per heavy atom. The summed E-state index contributed by atoms with van der Waals surface area (Å²) in [6, 6.07) is -0.543. The summed E-state index contributed by atoms with van der Waals surface area (Å²) in [4.78, 5) is 24.4. The lowest BCUT2D eigenvalue weighted by Gasteiger charge is -2.22. The summed E-state index contributed by atoms with van der Waals surface area (Å²) in [5.74, 6) is -0.0479. The predicted octanol–water partition coefficient (Wildman–Crippen LogP) is 15.9. The van der Waals surface area contributed by atoms with Crippen LogP contribution in [0.1, 0.15) is 284 Å². The van der Waals surface area contributed by atoms with E-state index in [1.807, 2.05) is 0 Å². The van der Waals surface area contributed by atoms with Crippen LogP contribution >= 0.6 is 0 Å². The van der Waals surface area contributed by atoms with E-state index in [0.29, 0.717) is 25.9 Å². The number of rotatable bonds is 49. The van der Waals surface area contributed by atoms with E-state index < -0.39 is 12.1 Å². The molecule has 0 aromatic heterocycles. The van der Waals surface area contributed by atoms with Gasteiger partial charge in [0.25, 0.3) is 0 Å². The van der Waals surface area contributed by atoms with Crippen LogP contribution < -0.4 is 5.32 Å². The first-order valence-electron chi connectivity index (χ1n) is 26.6. The Balaban J connectivity index is 3.40. The molecule has 0 heterocycles. The fraction of sp³-hybridized carbons (Fsp3) is 0.889. The fourth-order valence-electron chi connectivity index (χ4n) is 8.13. The molecule has 0 radical (unpaired) electrons. The van der Waals surface area contributed by atoms with Crippen LogP contribution in [0.15, 0.2) is 24.3 Å². The quantitative estimate of drug-likeness (QED) is 0.0322. The van der Waals surface area contributed by atoms with Gasteiger partial charge in [-0.1, -0.05) is 244 Å². The van der Waals surface area contributed by atoms with Crippen molar-refractivity contribution in [3.8, 4) is 0 Å². The van der Waals surface area contributed by atoms with E-state index in [4.69, 9.17) is 4.74 Å². The second-order valence-corrected chi connectivity index (χ2v) is 18.2. The van der Waals surface area contributed by atoms with Crippen LogP contribution in [0.5, 0.6) is 0 Å². The number of nitrogens with one attached hydrogen (secondary N) is 1. The number of hydrogen-bond acceptors (Lipinski definition) is 5. The molecule has 0 aromatic rings. The lowest BCUT2D eigenvalue weighted by Crippen LogP contribution is -2.45. The van der Waals surface area contributed by atoms with Gasteiger partial charge < -0.3 is 20.3 Å². The number of aliphatic hydroxyl groups is 2. The number of ether oxygens (including phenoxy) is 1. The lowest BCUT2D eigenvalue weighted by atomic mass is 10.0. The molecule has 2 unspecified atom stereocenters. The number of allylic oxidation sites excluding steroid dienone is 4. The minimum Gasteiger partial charge on any atom is -0.466 e. The third-order valence-corrected chi connectivity index (χ3v) is 12.3. The number of aliphatic hydroxyl groups excluding tert-OH is 2. The molecule has 0 bridgehead atoms. The first-order valence-corrected chi connectivity index (χ1v) is 26.6. The van der Waals surface area contributed by atoms with Crippen molar-refractivity contribution in [2.45, 2.75) is 296 Å². The molecule has 2 atom stereocenters. The van der Waals surface area contributed by atoms with Gasteiger partial charge in [-0.05, 0) is 51.4 Å². The maximum Gasteiger partial charge on any atom is 0.305 e. The maximum absolute atomic E-state index is 12.4. The molecule has 6 heteroatoms. The summed E-state index contributed by atoms with van der Waals surface area (Å²) in [6.45, 7) is 4.89. The number of carbonyl (C=O) groups is 2. The van der Waals surface area contributed by atoms with Gasteiger partial charge in [-0.15, -0.1) is 0 Å². The summed E-state index contributed by atoms with van der Waals surface area (Å²) >= 11 is 0. The van der Waals surface area contributed by atoms with E-state index in [2.05, 4.69) is 43.5 Å². The monoisotopic (exact) mass is 846 g/mol. The van der Waals surface area contributed by atoms with Crippen molar-refractivity contribution in [3.63, 3.8) is 0 Å². The third-order valence-electron chi connectivity index (χ3n) is 12.3. The Bertz CT molecular complexity index is 935. The number of hydrogen-bond donors (Lipinski definition) is 3. The Labute approximate surface area is 373 Å². The van der Waals surface area contributed by atoms with Crippen molar-refractivity contribution in [2.24, 2.45) is 0 Å². The Kier molecular flexibility index (Phi) is 48.6. The fourth-order valence-corrected chi connectivity index (χ4v) is 8.13. The van der Waals surface area contributed by atoms with E-state index in [0.717, 1.165) is 51.4 Å². The minimum absolute atomic E-state index is 0.00753. The second kappa shape index (κ2) is 50.0. The van der Waals surface area contributed by atoms with Crippen molar-refractivity contribution in [1.29, 1.82) is 0 Å². The Morgan fingerprint density at radius 2 is 0.850 bits per heavy atom. The van der Waals surface area contributed by atoms with Crippen LogP contribution in [0.25, 0.3) is 0 Å². The van der Waals surface area contributed by atoms with Gasteiger partial charge in [-0.25, -0.2) is 0 Å². The summed E-state index contributed by atoms with van der Waals surface area (Å²) in [5.41, 5.74) is 0. The predicted molar refractivity (Wildman–Crippen MR) is 260 cm³/mol. The van der Waals surface area contributed by atoms with Crippen LogP contribution in [0.2, 0.25) is 0 Å². The van der Waals surface area contributed by atoms with Crippen LogP contribution in [0, 0.1) is 0 Å². The Morgan fingerprint density at radius 3 is 1.32 bits per heavy atom. The van der Waals surface area contributed by atoms with Crippen molar-refractivity contribution in [2.75, 3.05) is 13.2 Å². The highest BCUT2D eigenvalue weighted by Crippen LogP contribution is 2.17. The molecular weight excluding hydrogens is 743 g/mol. The van der Waals surface area contributed by atoms with Crippen molar-refractivity contribution < 1.29 is 24.5 Å². The van der Waals surface area contributed by atoms with Crippen molar-refractivity contribution in [3.05, 3.63) is 24.3 Å². The van der Waals surface area contributed by atoms with Gasteiger partial charge in [0, 0.05) is 12.8 Å². The average molecular weight is 846 g/mol. The van der Waals surface area contributed by atoms with Crippen molar-refractivity contribution >= 4 is 11.9 Å². The normalized spacial score (nSPS) is 12.8. The van der Waals surface area contributed by atoms with Gasteiger partial charge in [0.05, 0.1) is 25.4 Å². The highest BCUT2D eigenvalue weighted by atomic mass is 16.5. The number of esters is 1. The van der Waals surface area contributed by atoms with Crippen LogP contribution in [-0.2, 0) is 14.3 Å². The zero-order chi connectivity index (χ0) is 43.7. The molecule has 0 aliphatic heterocycles. The van der Waals surface area contributed by atoms with E-state index >= 15 is 0 Å². The number of amides is 1. The molecule has 1 amide bonds. The van der Waals surface area contributed by atoms with Gasteiger partial charge in [0.1, 0.15) is 0 Å².